The van der Waals surface area contributed by atoms with E-state index < -0.39 is 0 Å². The number of nitrogens with one attached hydrogen (secondary N) is 4. The van der Waals surface area contributed by atoms with Gasteiger partial charge in [-0.05, 0) is 32.0 Å². The maximum absolute atomic E-state index is 13.5. The molecule has 0 spiro atoms. The number of nitrogens with zero attached hydrogens (tertiary/aromatic N) is 4. The van der Waals surface area contributed by atoms with Crippen molar-refractivity contribution in [1.82, 2.24) is 40.0 Å². The van der Waals surface area contributed by atoms with Crippen molar-refractivity contribution in [1.29, 1.82) is 0 Å². The highest BCUT2D eigenvalue weighted by molar-refractivity contribution is 6.08. The molecule has 0 amide bonds. The van der Waals surface area contributed by atoms with Gasteiger partial charge in [-0.15, -0.1) is 0 Å². The molecule has 33 heavy (non-hydrogen) atoms. The van der Waals surface area contributed by atoms with E-state index in [-0.39, 0.29) is 11.3 Å². The molecule has 0 aliphatic heterocycles. The zero-order chi connectivity index (χ0) is 23.4. The topological polar surface area (TPSA) is 139 Å². The van der Waals surface area contributed by atoms with Crippen LogP contribution in [-0.2, 0) is 12.8 Å². The molecule has 10 nitrogen and oxygen atoms in total. The van der Waals surface area contributed by atoms with E-state index in [1.54, 1.807) is 31.0 Å². The van der Waals surface area contributed by atoms with Crippen LogP contribution in [0.2, 0.25) is 0 Å². The van der Waals surface area contributed by atoms with Crippen molar-refractivity contribution < 1.29 is 4.79 Å². The van der Waals surface area contributed by atoms with Gasteiger partial charge in [-0.25, -0.2) is 4.98 Å². The van der Waals surface area contributed by atoms with Crippen LogP contribution in [-0.4, -0.2) is 65.4 Å². The van der Waals surface area contributed by atoms with Crippen LogP contribution in [0.25, 0.3) is 11.3 Å². The number of aryl methyl sites for hydroxylation is 1. The van der Waals surface area contributed by atoms with E-state index in [0.717, 1.165) is 43.0 Å². The van der Waals surface area contributed by atoms with Gasteiger partial charge in [0.2, 0.25) is 5.78 Å². The van der Waals surface area contributed by atoms with Gasteiger partial charge in [0.1, 0.15) is 0 Å². The first-order valence-electron chi connectivity index (χ1n) is 11.1. The Morgan fingerprint density at radius 2 is 1.88 bits per heavy atom. The SMILES string of the molecule is CCN(CC)CCc1c(C)[nH]c(Cc2nccnc2-c2c[nH][nH]c2=O)c1C(=O)c1ncc[nH]1. The molecule has 4 rings (SSSR count). The van der Waals surface area contributed by atoms with Gasteiger partial charge in [0.25, 0.3) is 5.56 Å². The summed E-state index contributed by atoms with van der Waals surface area (Å²) >= 11 is 0. The summed E-state index contributed by atoms with van der Waals surface area (Å²) in [5.74, 6) is 0.125. The predicted molar refractivity (Wildman–Crippen MR) is 124 cm³/mol. The lowest BCUT2D eigenvalue weighted by atomic mass is 9.98. The normalized spacial score (nSPS) is 11.4. The molecule has 4 heterocycles. The van der Waals surface area contributed by atoms with E-state index in [1.165, 1.54) is 0 Å². The lowest BCUT2D eigenvalue weighted by molar-refractivity contribution is 0.102. The minimum Gasteiger partial charge on any atom is -0.361 e. The molecule has 4 aromatic heterocycles. The average Bonchev–Trinajstić information content (AvgIpc) is 3.56. The first kappa shape index (κ1) is 22.4. The molecule has 0 fully saturated rings. The van der Waals surface area contributed by atoms with E-state index in [9.17, 15) is 9.59 Å². The highest BCUT2D eigenvalue weighted by atomic mass is 16.1. The predicted octanol–water partition coefficient (Wildman–Crippen LogP) is 2.23. The Hall–Kier alpha value is -3.79. The molecule has 4 N–H and O–H groups in total. The van der Waals surface area contributed by atoms with Crippen LogP contribution in [0.15, 0.2) is 35.8 Å². The van der Waals surface area contributed by atoms with Gasteiger partial charge >= 0.3 is 0 Å². The third kappa shape index (κ3) is 4.56. The number of aromatic amines is 4. The largest absolute Gasteiger partial charge is 0.361 e. The Kier molecular flexibility index (Phi) is 6.64. The molecule has 10 heteroatoms. The minimum absolute atomic E-state index is 0.168. The van der Waals surface area contributed by atoms with Crippen LogP contribution >= 0.6 is 0 Å². The van der Waals surface area contributed by atoms with E-state index in [1.807, 2.05) is 6.92 Å². The molecule has 0 aliphatic rings. The average molecular weight is 449 g/mol. The fraction of sp³-hybridized carbons (Fsp3) is 0.348. The van der Waals surface area contributed by atoms with Crippen molar-refractivity contribution in [2.24, 2.45) is 0 Å². The maximum Gasteiger partial charge on any atom is 0.273 e. The van der Waals surface area contributed by atoms with Crippen molar-refractivity contribution in [3.8, 4) is 11.3 Å². The zero-order valence-corrected chi connectivity index (χ0v) is 19.0. The fourth-order valence-corrected chi connectivity index (χ4v) is 4.14. The molecule has 4 aromatic rings. The van der Waals surface area contributed by atoms with E-state index in [2.05, 4.69) is 53.9 Å². The van der Waals surface area contributed by atoms with E-state index in [4.69, 9.17) is 0 Å². The van der Waals surface area contributed by atoms with E-state index in [0.29, 0.717) is 34.8 Å². The molecule has 0 aliphatic carbocycles. The second-order valence-electron chi connectivity index (χ2n) is 7.81. The van der Waals surface area contributed by atoms with Crippen LogP contribution < -0.4 is 5.56 Å². The van der Waals surface area contributed by atoms with Crippen LogP contribution in [0.3, 0.4) is 0 Å². The van der Waals surface area contributed by atoms with Crippen LogP contribution in [0, 0.1) is 6.92 Å². The van der Waals surface area contributed by atoms with Crippen LogP contribution in [0.1, 0.15) is 52.7 Å². The van der Waals surface area contributed by atoms with Crippen molar-refractivity contribution in [3.63, 3.8) is 0 Å². The van der Waals surface area contributed by atoms with Gasteiger partial charge in [0.05, 0.1) is 22.5 Å². The smallest absolute Gasteiger partial charge is 0.273 e. The summed E-state index contributed by atoms with van der Waals surface area (Å²) in [5, 5.41) is 5.23. The quantitative estimate of drug-likeness (QED) is 0.274. The highest BCUT2D eigenvalue weighted by Crippen LogP contribution is 2.26. The summed E-state index contributed by atoms with van der Waals surface area (Å²) in [4.78, 5) is 47.4. The molecule has 0 unspecified atom stereocenters. The number of carbonyl (C=O) groups excluding carboxylic acids is 1. The summed E-state index contributed by atoms with van der Waals surface area (Å²) < 4.78 is 0. The molecule has 0 saturated heterocycles. The van der Waals surface area contributed by atoms with Gasteiger partial charge in [-0.1, -0.05) is 13.8 Å². The maximum atomic E-state index is 13.5. The molecule has 0 saturated carbocycles. The number of aromatic nitrogens is 7. The van der Waals surface area contributed by atoms with E-state index >= 15 is 0 Å². The summed E-state index contributed by atoms with van der Waals surface area (Å²) in [6, 6.07) is 0. The molecular formula is C23H28N8O2. The number of hydrogen-bond donors (Lipinski definition) is 4. The van der Waals surface area contributed by atoms with Gasteiger partial charge in [-0.3, -0.25) is 24.7 Å². The van der Waals surface area contributed by atoms with Gasteiger partial charge in [-0.2, -0.15) is 0 Å². The zero-order valence-electron chi connectivity index (χ0n) is 19.0. The second-order valence-corrected chi connectivity index (χ2v) is 7.81. The number of hydrogen-bond acceptors (Lipinski definition) is 6. The fourth-order valence-electron chi connectivity index (χ4n) is 4.14. The summed E-state index contributed by atoms with van der Waals surface area (Å²) in [6.45, 7) is 8.98. The molecule has 0 aromatic carbocycles. The molecule has 0 radical (unpaired) electrons. The first-order valence-corrected chi connectivity index (χ1v) is 11.1. The van der Waals surface area contributed by atoms with Crippen molar-refractivity contribution in [2.75, 3.05) is 19.6 Å². The second kappa shape index (κ2) is 9.78. The number of ketones is 1. The number of H-pyrrole nitrogens is 4. The van der Waals surface area contributed by atoms with Crippen molar-refractivity contribution in [2.45, 2.75) is 33.6 Å². The number of rotatable bonds is 10. The highest BCUT2D eigenvalue weighted by Gasteiger charge is 2.25. The van der Waals surface area contributed by atoms with Gasteiger partial charge < -0.3 is 20.0 Å². The lowest BCUT2D eigenvalue weighted by Crippen LogP contribution is -2.26. The first-order chi connectivity index (χ1) is 16.0. The summed E-state index contributed by atoms with van der Waals surface area (Å²) in [6.07, 6.45) is 8.97. The van der Waals surface area contributed by atoms with Gasteiger partial charge in [0, 0.05) is 55.3 Å². The van der Waals surface area contributed by atoms with Crippen LogP contribution in [0.4, 0.5) is 0 Å². The Labute approximate surface area is 190 Å². The number of carbonyl (C=O) groups is 1. The molecule has 172 valence electrons. The Balaban J connectivity index is 1.76. The third-order valence-corrected chi connectivity index (χ3v) is 5.93. The van der Waals surface area contributed by atoms with Crippen LogP contribution in [0.5, 0.6) is 0 Å². The Bertz CT molecular complexity index is 1280. The summed E-state index contributed by atoms with van der Waals surface area (Å²) in [5.41, 5.74) is 4.47. The lowest BCUT2D eigenvalue weighted by Gasteiger charge is -2.18. The number of imidazole rings is 1. The molecule has 0 bridgehead atoms. The monoisotopic (exact) mass is 448 g/mol. The Morgan fingerprint density at radius 1 is 1.09 bits per heavy atom. The van der Waals surface area contributed by atoms with Crippen molar-refractivity contribution >= 4 is 5.78 Å². The standard InChI is InChI=1S/C23H28N8O2/c1-4-31(5-2)11-6-15-14(3)29-17(19(15)21(32)22-26-9-10-27-22)12-18-20(25-8-7-24-18)16-13-28-30-23(16)33/h7-10,13,29H,4-6,11-12H2,1-3H3,(H,26,27)(H2,28,30,33). The minimum atomic E-state index is -0.272. The van der Waals surface area contributed by atoms with Gasteiger partial charge in [0.15, 0.2) is 5.82 Å². The summed E-state index contributed by atoms with van der Waals surface area (Å²) in [7, 11) is 0. The Morgan fingerprint density at radius 3 is 2.55 bits per heavy atom. The third-order valence-electron chi connectivity index (χ3n) is 5.93. The molecular weight excluding hydrogens is 420 g/mol. The molecule has 0 atom stereocenters. The van der Waals surface area contributed by atoms with Crippen molar-refractivity contribution in [3.05, 3.63) is 75.4 Å². The number of likely N-dealkylation sites (N-methyl/N-ethyl adjacent to an activating group) is 1.